The largest absolute Gasteiger partial charge is 0.495 e. The number of rotatable bonds is 11. The molecule has 0 saturated carbocycles. The standard InChI is InChI=1S/C17H28N2O5S/c1-5-8-11-24-13-17(20)18-15-12-14(9-10-16(15)23-4)25(21,22)19(6-2)7-3/h9-10,12H,5-8,11,13H2,1-4H3,(H,18,20). The lowest BCUT2D eigenvalue weighted by atomic mass is 10.3. The Morgan fingerprint density at radius 2 is 1.88 bits per heavy atom. The fourth-order valence-electron chi connectivity index (χ4n) is 2.26. The molecule has 0 aliphatic rings. The summed E-state index contributed by atoms with van der Waals surface area (Å²) in [5.74, 6) is 0.0344. The number of carbonyl (C=O) groups excluding carboxylic acids is 1. The molecular weight excluding hydrogens is 344 g/mol. The summed E-state index contributed by atoms with van der Waals surface area (Å²) < 4.78 is 37.1. The molecule has 0 radical (unpaired) electrons. The highest BCUT2D eigenvalue weighted by Gasteiger charge is 2.23. The number of hydrogen-bond acceptors (Lipinski definition) is 5. The minimum atomic E-state index is -3.61. The lowest BCUT2D eigenvalue weighted by Gasteiger charge is -2.19. The Bertz CT molecular complexity index is 657. The average molecular weight is 372 g/mol. The van der Waals surface area contributed by atoms with E-state index in [4.69, 9.17) is 9.47 Å². The van der Waals surface area contributed by atoms with E-state index in [0.29, 0.717) is 31.1 Å². The fraction of sp³-hybridized carbons (Fsp3) is 0.588. The van der Waals surface area contributed by atoms with Crippen molar-refractivity contribution in [2.75, 3.05) is 38.7 Å². The van der Waals surface area contributed by atoms with Crippen LogP contribution in [0, 0.1) is 0 Å². The molecule has 0 aromatic heterocycles. The number of ether oxygens (including phenoxy) is 2. The van der Waals surface area contributed by atoms with Crippen LogP contribution in [0.15, 0.2) is 23.1 Å². The molecule has 1 rings (SSSR count). The molecule has 0 saturated heterocycles. The number of methoxy groups -OCH3 is 1. The number of unbranched alkanes of at least 4 members (excludes halogenated alkanes) is 1. The Hall–Kier alpha value is -1.64. The first-order valence-corrected chi connectivity index (χ1v) is 9.90. The number of sulfonamides is 1. The van der Waals surface area contributed by atoms with Gasteiger partial charge in [-0.25, -0.2) is 8.42 Å². The second kappa shape index (κ2) is 10.4. The van der Waals surface area contributed by atoms with Crippen LogP contribution in [-0.4, -0.2) is 52.0 Å². The Kier molecular flexibility index (Phi) is 8.88. The van der Waals surface area contributed by atoms with Crippen LogP contribution in [0.25, 0.3) is 0 Å². The van der Waals surface area contributed by atoms with Crippen LogP contribution in [0.4, 0.5) is 5.69 Å². The molecule has 25 heavy (non-hydrogen) atoms. The van der Waals surface area contributed by atoms with E-state index >= 15 is 0 Å². The van der Waals surface area contributed by atoms with Crippen LogP contribution in [0.3, 0.4) is 0 Å². The lowest BCUT2D eigenvalue weighted by Crippen LogP contribution is -2.30. The summed E-state index contributed by atoms with van der Waals surface area (Å²) in [4.78, 5) is 12.1. The first-order valence-electron chi connectivity index (χ1n) is 8.46. The van der Waals surface area contributed by atoms with Crippen molar-refractivity contribution in [2.45, 2.75) is 38.5 Å². The number of amides is 1. The van der Waals surface area contributed by atoms with Crippen molar-refractivity contribution in [3.63, 3.8) is 0 Å². The molecule has 0 aliphatic carbocycles. The van der Waals surface area contributed by atoms with Crippen LogP contribution >= 0.6 is 0 Å². The minimum absolute atomic E-state index is 0.0871. The topological polar surface area (TPSA) is 84.9 Å². The zero-order valence-corrected chi connectivity index (χ0v) is 16.2. The van der Waals surface area contributed by atoms with Crippen LogP contribution < -0.4 is 10.1 Å². The molecule has 1 aromatic carbocycles. The van der Waals surface area contributed by atoms with E-state index in [1.807, 2.05) is 6.92 Å². The van der Waals surface area contributed by atoms with Crippen molar-refractivity contribution in [2.24, 2.45) is 0 Å². The van der Waals surface area contributed by atoms with E-state index in [1.165, 1.54) is 29.6 Å². The van der Waals surface area contributed by atoms with E-state index in [0.717, 1.165) is 12.8 Å². The molecule has 0 unspecified atom stereocenters. The predicted molar refractivity (Wildman–Crippen MR) is 97.5 cm³/mol. The molecule has 1 aromatic rings. The zero-order chi connectivity index (χ0) is 18.9. The van der Waals surface area contributed by atoms with Crippen molar-refractivity contribution in [3.05, 3.63) is 18.2 Å². The third-order valence-electron chi connectivity index (χ3n) is 3.66. The Labute approximate surface area is 150 Å². The lowest BCUT2D eigenvalue weighted by molar-refractivity contribution is -0.120. The highest BCUT2D eigenvalue weighted by molar-refractivity contribution is 7.89. The van der Waals surface area contributed by atoms with Gasteiger partial charge in [-0.15, -0.1) is 0 Å². The Balaban J connectivity index is 2.97. The maximum absolute atomic E-state index is 12.6. The number of anilines is 1. The number of carbonyl (C=O) groups is 1. The second-order valence-corrected chi connectivity index (χ2v) is 7.34. The van der Waals surface area contributed by atoms with Gasteiger partial charge in [-0.1, -0.05) is 27.2 Å². The van der Waals surface area contributed by atoms with E-state index in [2.05, 4.69) is 5.32 Å². The molecule has 142 valence electrons. The molecule has 1 N–H and O–H groups in total. The smallest absolute Gasteiger partial charge is 0.250 e. The normalized spacial score (nSPS) is 11.6. The third kappa shape index (κ3) is 5.98. The molecule has 0 spiro atoms. The maximum Gasteiger partial charge on any atom is 0.250 e. The highest BCUT2D eigenvalue weighted by atomic mass is 32.2. The van der Waals surface area contributed by atoms with Crippen LogP contribution in [-0.2, 0) is 19.6 Å². The SMILES string of the molecule is CCCCOCC(=O)Nc1cc(S(=O)(=O)N(CC)CC)ccc1OC. The maximum atomic E-state index is 12.6. The van der Waals surface area contributed by atoms with Gasteiger partial charge in [-0.05, 0) is 24.6 Å². The zero-order valence-electron chi connectivity index (χ0n) is 15.4. The van der Waals surface area contributed by atoms with Gasteiger partial charge in [-0.3, -0.25) is 4.79 Å². The summed E-state index contributed by atoms with van der Waals surface area (Å²) in [5.41, 5.74) is 0.305. The molecule has 1 amide bonds. The van der Waals surface area contributed by atoms with Gasteiger partial charge in [-0.2, -0.15) is 4.31 Å². The average Bonchev–Trinajstić information content (AvgIpc) is 2.59. The molecule has 0 atom stereocenters. The summed E-state index contributed by atoms with van der Waals surface area (Å²) in [6, 6.07) is 4.42. The van der Waals surface area contributed by atoms with Gasteiger partial charge in [0.15, 0.2) is 0 Å². The Morgan fingerprint density at radius 1 is 1.20 bits per heavy atom. The summed E-state index contributed by atoms with van der Waals surface area (Å²) in [7, 11) is -2.15. The minimum Gasteiger partial charge on any atom is -0.495 e. The molecular formula is C17H28N2O5S. The third-order valence-corrected chi connectivity index (χ3v) is 5.71. The van der Waals surface area contributed by atoms with Gasteiger partial charge in [0.2, 0.25) is 15.9 Å². The van der Waals surface area contributed by atoms with E-state index in [9.17, 15) is 13.2 Å². The fourth-order valence-corrected chi connectivity index (χ4v) is 3.74. The van der Waals surface area contributed by atoms with Crippen molar-refractivity contribution < 1.29 is 22.7 Å². The quantitative estimate of drug-likeness (QED) is 0.603. The summed E-state index contributed by atoms with van der Waals surface area (Å²) >= 11 is 0. The monoisotopic (exact) mass is 372 g/mol. The second-order valence-electron chi connectivity index (χ2n) is 5.41. The number of hydrogen-bond donors (Lipinski definition) is 1. The van der Waals surface area contributed by atoms with Gasteiger partial charge in [0, 0.05) is 19.7 Å². The first-order chi connectivity index (χ1) is 11.9. The molecule has 0 bridgehead atoms. The van der Waals surface area contributed by atoms with Gasteiger partial charge >= 0.3 is 0 Å². The molecule has 8 heteroatoms. The summed E-state index contributed by atoms with van der Waals surface area (Å²) in [6.07, 6.45) is 1.87. The van der Waals surface area contributed by atoms with Crippen LogP contribution in [0.1, 0.15) is 33.6 Å². The molecule has 0 heterocycles. The number of nitrogens with one attached hydrogen (secondary N) is 1. The van der Waals surface area contributed by atoms with Gasteiger partial charge in [0.05, 0.1) is 17.7 Å². The van der Waals surface area contributed by atoms with Crippen LogP contribution in [0.5, 0.6) is 5.75 Å². The number of benzene rings is 1. The molecule has 7 nitrogen and oxygen atoms in total. The van der Waals surface area contributed by atoms with E-state index < -0.39 is 10.0 Å². The predicted octanol–water partition coefficient (Wildman–Crippen LogP) is 2.48. The summed E-state index contributed by atoms with van der Waals surface area (Å²) in [6.45, 7) is 6.77. The van der Waals surface area contributed by atoms with Crippen molar-refractivity contribution in [3.8, 4) is 5.75 Å². The van der Waals surface area contributed by atoms with Crippen LogP contribution in [0.2, 0.25) is 0 Å². The molecule has 0 aliphatic heterocycles. The van der Waals surface area contributed by atoms with Gasteiger partial charge in [0.1, 0.15) is 12.4 Å². The Morgan fingerprint density at radius 3 is 2.44 bits per heavy atom. The van der Waals surface area contributed by atoms with Gasteiger partial charge < -0.3 is 14.8 Å². The highest BCUT2D eigenvalue weighted by Crippen LogP contribution is 2.28. The summed E-state index contributed by atoms with van der Waals surface area (Å²) in [5, 5.41) is 2.65. The first kappa shape index (κ1) is 21.4. The molecule has 0 fully saturated rings. The van der Waals surface area contributed by atoms with E-state index in [1.54, 1.807) is 13.8 Å². The van der Waals surface area contributed by atoms with Crippen molar-refractivity contribution >= 4 is 21.6 Å². The van der Waals surface area contributed by atoms with Crippen molar-refractivity contribution in [1.29, 1.82) is 0 Å². The number of nitrogens with zero attached hydrogens (tertiary/aromatic N) is 1. The van der Waals surface area contributed by atoms with Crippen molar-refractivity contribution in [1.82, 2.24) is 4.31 Å². The van der Waals surface area contributed by atoms with E-state index in [-0.39, 0.29) is 17.4 Å². The van der Waals surface area contributed by atoms with Gasteiger partial charge in [0.25, 0.3) is 0 Å².